The van der Waals surface area contributed by atoms with Crippen LogP contribution in [0.15, 0.2) is 46.3 Å². The SMILES string of the molecule is CCCn1c(=NC(=O)Cc2ccc3c(c2)OCO3)sc2cc(SC)ccc21. The van der Waals surface area contributed by atoms with Gasteiger partial charge >= 0.3 is 0 Å². The highest BCUT2D eigenvalue weighted by Gasteiger charge is 2.15. The fourth-order valence-corrected chi connectivity index (χ4v) is 4.70. The van der Waals surface area contributed by atoms with E-state index in [0.29, 0.717) is 5.75 Å². The lowest BCUT2D eigenvalue weighted by Crippen LogP contribution is -2.17. The molecule has 0 saturated heterocycles. The third-order valence-corrected chi connectivity index (χ3v) is 6.12. The topological polar surface area (TPSA) is 52.8 Å². The van der Waals surface area contributed by atoms with E-state index in [0.717, 1.165) is 39.3 Å². The summed E-state index contributed by atoms with van der Waals surface area (Å²) in [7, 11) is 0. The molecule has 0 bridgehead atoms. The van der Waals surface area contributed by atoms with Crippen molar-refractivity contribution in [2.45, 2.75) is 31.2 Å². The van der Waals surface area contributed by atoms with Gasteiger partial charge in [0.2, 0.25) is 6.79 Å². The van der Waals surface area contributed by atoms with E-state index in [1.165, 1.54) is 4.90 Å². The van der Waals surface area contributed by atoms with Gasteiger partial charge in [0.1, 0.15) is 0 Å². The monoisotopic (exact) mass is 400 g/mol. The third-order valence-electron chi connectivity index (χ3n) is 4.35. The summed E-state index contributed by atoms with van der Waals surface area (Å²) in [4.78, 5) is 19.0. The van der Waals surface area contributed by atoms with Crippen molar-refractivity contribution in [3.8, 4) is 11.5 Å². The van der Waals surface area contributed by atoms with Crippen molar-refractivity contribution in [2.75, 3.05) is 13.0 Å². The van der Waals surface area contributed by atoms with Crippen molar-refractivity contribution >= 4 is 39.2 Å². The lowest BCUT2D eigenvalue weighted by Gasteiger charge is -2.03. The number of aryl methyl sites for hydroxylation is 1. The van der Waals surface area contributed by atoms with E-state index in [9.17, 15) is 4.79 Å². The van der Waals surface area contributed by atoms with Crippen LogP contribution in [0.5, 0.6) is 11.5 Å². The number of hydrogen-bond donors (Lipinski definition) is 0. The maximum atomic E-state index is 12.6. The van der Waals surface area contributed by atoms with Gasteiger partial charge in [-0.05, 0) is 48.6 Å². The molecular weight excluding hydrogens is 380 g/mol. The van der Waals surface area contributed by atoms with Gasteiger partial charge in [-0.3, -0.25) is 4.79 Å². The minimum atomic E-state index is -0.157. The highest BCUT2D eigenvalue weighted by molar-refractivity contribution is 7.98. The summed E-state index contributed by atoms with van der Waals surface area (Å²) in [6.45, 7) is 3.20. The van der Waals surface area contributed by atoms with E-state index >= 15 is 0 Å². The molecule has 1 aromatic heterocycles. The molecule has 1 aliphatic heterocycles. The Balaban J connectivity index is 1.66. The first-order valence-electron chi connectivity index (χ1n) is 8.81. The molecule has 0 spiro atoms. The van der Waals surface area contributed by atoms with Gasteiger partial charge in [-0.15, -0.1) is 11.8 Å². The van der Waals surface area contributed by atoms with E-state index in [-0.39, 0.29) is 19.1 Å². The predicted molar refractivity (Wildman–Crippen MR) is 109 cm³/mol. The van der Waals surface area contributed by atoms with Crippen LogP contribution in [-0.4, -0.2) is 23.5 Å². The van der Waals surface area contributed by atoms with Gasteiger partial charge in [-0.2, -0.15) is 4.99 Å². The molecular formula is C20H20N2O3S2. The first-order chi connectivity index (χ1) is 13.2. The van der Waals surface area contributed by atoms with Crippen LogP contribution in [0.25, 0.3) is 10.2 Å². The Bertz CT molecular complexity index is 1070. The summed E-state index contributed by atoms with van der Waals surface area (Å²) in [5, 5.41) is 0. The number of hydrogen-bond acceptors (Lipinski definition) is 5. The normalized spacial score (nSPS) is 13.5. The van der Waals surface area contributed by atoms with Crippen LogP contribution in [-0.2, 0) is 17.8 Å². The number of nitrogens with zero attached hydrogens (tertiary/aromatic N) is 2. The Morgan fingerprint density at radius 3 is 2.89 bits per heavy atom. The largest absolute Gasteiger partial charge is 0.454 e. The van der Waals surface area contributed by atoms with Gasteiger partial charge < -0.3 is 14.0 Å². The molecule has 140 valence electrons. The zero-order chi connectivity index (χ0) is 18.8. The summed E-state index contributed by atoms with van der Waals surface area (Å²) in [6.07, 6.45) is 3.29. The molecule has 0 saturated carbocycles. The predicted octanol–water partition coefficient (Wildman–Crippen LogP) is 4.23. The van der Waals surface area contributed by atoms with Gasteiger partial charge in [0.25, 0.3) is 5.91 Å². The molecule has 0 unspecified atom stereocenters. The molecule has 7 heteroatoms. The molecule has 4 rings (SSSR count). The number of aromatic nitrogens is 1. The minimum Gasteiger partial charge on any atom is -0.454 e. The minimum absolute atomic E-state index is 0.157. The number of thioether (sulfide) groups is 1. The lowest BCUT2D eigenvalue weighted by atomic mass is 10.1. The number of amides is 1. The van der Waals surface area contributed by atoms with Gasteiger partial charge in [0.05, 0.1) is 16.6 Å². The number of benzene rings is 2. The van der Waals surface area contributed by atoms with Gasteiger partial charge in [0, 0.05) is 11.4 Å². The Morgan fingerprint density at radius 1 is 1.22 bits per heavy atom. The molecule has 27 heavy (non-hydrogen) atoms. The lowest BCUT2D eigenvalue weighted by molar-refractivity contribution is -0.117. The van der Waals surface area contributed by atoms with Crippen molar-refractivity contribution in [1.82, 2.24) is 4.57 Å². The summed E-state index contributed by atoms with van der Waals surface area (Å²) in [6, 6.07) is 12.0. The van der Waals surface area contributed by atoms with Crippen LogP contribution in [0.4, 0.5) is 0 Å². The smallest absolute Gasteiger partial charge is 0.252 e. The van der Waals surface area contributed by atoms with E-state index in [1.54, 1.807) is 23.1 Å². The average molecular weight is 401 g/mol. The van der Waals surface area contributed by atoms with E-state index < -0.39 is 0 Å². The van der Waals surface area contributed by atoms with Gasteiger partial charge in [-0.1, -0.05) is 24.3 Å². The number of carbonyl (C=O) groups excluding carboxylic acids is 1. The second kappa shape index (κ2) is 7.78. The summed E-state index contributed by atoms with van der Waals surface area (Å²) in [5.41, 5.74) is 2.01. The van der Waals surface area contributed by atoms with Crippen LogP contribution in [0.3, 0.4) is 0 Å². The zero-order valence-corrected chi connectivity index (χ0v) is 16.9. The van der Waals surface area contributed by atoms with Crippen molar-refractivity contribution in [3.63, 3.8) is 0 Å². The Hall–Kier alpha value is -2.25. The molecule has 2 aromatic carbocycles. The van der Waals surface area contributed by atoms with Crippen LogP contribution >= 0.6 is 23.1 Å². The molecule has 1 amide bonds. The molecule has 5 nitrogen and oxygen atoms in total. The number of carbonyl (C=O) groups is 1. The zero-order valence-electron chi connectivity index (χ0n) is 15.2. The standard InChI is InChI=1S/C20H20N2O3S2/c1-3-8-22-15-6-5-14(26-2)11-18(15)27-20(22)21-19(23)10-13-4-7-16-17(9-13)25-12-24-16/h4-7,9,11H,3,8,10,12H2,1-2H3. The van der Waals surface area contributed by atoms with Gasteiger partial charge in [0.15, 0.2) is 16.3 Å². The third kappa shape index (κ3) is 3.75. The Labute approximate surface area is 165 Å². The van der Waals surface area contributed by atoms with Crippen LogP contribution in [0.2, 0.25) is 0 Å². The van der Waals surface area contributed by atoms with Gasteiger partial charge in [-0.25, -0.2) is 0 Å². The van der Waals surface area contributed by atoms with Crippen molar-refractivity contribution in [3.05, 3.63) is 46.8 Å². The van der Waals surface area contributed by atoms with E-state index in [4.69, 9.17) is 9.47 Å². The second-order valence-electron chi connectivity index (χ2n) is 6.24. The number of thiazole rings is 1. The summed E-state index contributed by atoms with van der Waals surface area (Å²) < 4.78 is 14.0. The maximum absolute atomic E-state index is 12.6. The van der Waals surface area contributed by atoms with Crippen LogP contribution < -0.4 is 14.3 Å². The molecule has 0 radical (unpaired) electrons. The molecule has 0 fully saturated rings. The number of ether oxygens (including phenoxy) is 2. The highest BCUT2D eigenvalue weighted by atomic mass is 32.2. The van der Waals surface area contributed by atoms with Crippen molar-refractivity contribution in [2.24, 2.45) is 4.99 Å². The van der Waals surface area contributed by atoms with Crippen LogP contribution in [0.1, 0.15) is 18.9 Å². The number of fused-ring (bicyclic) bond motifs is 2. The van der Waals surface area contributed by atoms with E-state index in [2.05, 4.69) is 40.9 Å². The van der Waals surface area contributed by atoms with E-state index in [1.807, 2.05) is 18.2 Å². The Morgan fingerprint density at radius 2 is 2.07 bits per heavy atom. The van der Waals surface area contributed by atoms with Crippen LogP contribution in [0, 0.1) is 0 Å². The first kappa shape index (κ1) is 18.1. The molecule has 2 heterocycles. The first-order valence-corrected chi connectivity index (χ1v) is 10.9. The highest BCUT2D eigenvalue weighted by Crippen LogP contribution is 2.32. The maximum Gasteiger partial charge on any atom is 0.252 e. The molecule has 1 aliphatic rings. The average Bonchev–Trinajstić information content (AvgIpc) is 3.26. The summed E-state index contributed by atoms with van der Waals surface area (Å²) in [5.74, 6) is 1.25. The molecule has 0 N–H and O–H groups in total. The van der Waals surface area contributed by atoms with Crippen molar-refractivity contribution in [1.29, 1.82) is 0 Å². The quantitative estimate of drug-likeness (QED) is 0.602. The summed E-state index contributed by atoms with van der Waals surface area (Å²) >= 11 is 3.29. The molecule has 0 atom stereocenters. The second-order valence-corrected chi connectivity index (χ2v) is 8.13. The number of rotatable bonds is 5. The van der Waals surface area contributed by atoms with Crippen molar-refractivity contribution < 1.29 is 14.3 Å². The molecule has 3 aromatic rings. The molecule has 0 aliphatic carbocycles. The Kier molecular flexibility index (Phi) is 5.22. The fourth-order valence-electron chi connectivity index (χ4n) is 3.08. The fraction of sp³-hybridized carbons (Fsp3) is 0.300.